The standard InChI is InChI=1S/C10H14BrNO/c1-10(2,7-13)5-8-3-4-12-6-9(8)11/h3-4,6,13H,5,7H2,1-2H3. The minimum Gasteiger partial charge on any atom is -0.396 e. The van der Waals surface area contributed by atoms with E-state index in [4.69, 9.17) is 5.11 Å². The minimum atomic E-state index is -0.0656. The highest BCUT2D eigenvalue weighted by molar-refractivity contribution is 9.10. The van der Waals surface area contributed by atoms with Crippen molar-refractivity contribution in [3.05, 3.63) is 28.5 Å². The Morgan fingerprint density at radius 1 is 1.54 bits per heavy atom. The molecule has 0 amide bonds. The number of halogens is 1. The van der Waals surface area contributed by atoms with Crippen molar-refractivity contribution in [2.45, 2.75) is 20.3 Å². The molecule has 1 heterocycles. The summed E-state index contributed by atoms with van der Waals surface area (Å²) >= 11 is 3.43. The molecule has 72 valence electrons. The molecule has 0 unspecified atom stereocenters. The monoisotopic (exact) mass is 243 g/mol. The van der Waals surface area contributed by atoms with Gasteiger partial charge >= 0.3 is 0 Å². The highest BCUT2D eigenvalue weighted by Crippen LogP contribution is 2.25. The van der Waals surface area contributed by atoms with E-state index in [1.54, 1.807) is 12.4 Å². The number of nitrogens with zero attached hydrogens (tertiary/aromatic N) is 1. The second-order valence-corrected chi connectivity index (χ2v) is 4.82. The van der Waals surface area contributed by atoms with Crippen LogP contribution in [0.25, 0.3) is 0 Å². The zero-order valence-electron chi connectivity index (χ0n) is 7.92. The van der Waals surface area contributed by atoms with Gasteiger partial charge in [0, 0.05) is 23.5 Å². The Morgan fingerprint density at radius 3 is 2.77 bits per heavy atom. The molecule has 1 N–H and O–H groups in total. The Kier molecular flexibility index (Phi) is 3.45. The van der Waals surface area contributed by atoms with E-state index in [2.05, 4.69) is 20.9 Å². The van der Waals surface area contributed by atoms with Gasteiger partial charge in [-0.25, -0.2) is 0 Å². The summed E-state index contributed by atoms with van der Waals surface area (Å²) in [6.45, 7) is 4.28. The lowest BCUT2D eigenvalue weighted by molar-refractivity contribution is 0.159. The van der Waals surface area contributed by atoms with Gasteiger partial charge in [-0.1, -0.05) is 13.8 Å². The van der Waals surface area contributed by atoms with Crippen LogP contribution < -0.4 is 0 Å². The van der Waals surface area contributed by atoms with Gasteiger partial charge in [0.2, 0.25) is 0 Å². The second-order valence-electron chi connectivity index (χ2n) is 3.97. The average Bonchev–Trinajstić information content (AvgIpc) is 2.09. The second kappa shape index (κ2) is 4.20. The van der Waals surface area contributed by atoms with Gasteiger partial charge < -0.3 is 5.11 Å². The highest BCUT2D eigenvalue weighted by atomic mass is 79.9. The highest BCUT2D eigenvalue weighted by Gasteiger charge is 2.18. The van der Waals surface area contributed by atoms with Gasteiger partial charge in [-0.05, 0) is 39.4 Å². The number of pyridine rings is 1. The molecule has 1 rings (SSSR count). The van der Waals surface area contributed by atoms with Gasteiger partial charge in [0.1, 0.15) is 0 Å². The third kappa shape index (κ3) is 3.08. The lowest BCUT2D eigenvalue weighted by Crippen LogP contribution is -2.19. The number of hydrogen-bond acceptors (Lipinski definition) is 2. The van der Waals surface area contributed by atoms with Gasteiger partial charge in [-0.2, -0.15) is 0 Å². The molecule has 0 aliphatic heterocycles. The summed E-state index contributed by atoms with van der Waals surface area (Å²) in [4.78, 5) is 3.99. The largest absolute Gasteiger partial charge is 0.396 e. The fraction of sp³-hybridized carbons (Fsp3) is 0.500. The van der Waals surface area contributed by atoms with E-state index >= 15 is 0 Å². The average molecular weight is 244 g/mol. The fourth-order valence-electron chi connectivity index (χ4n) is 1.12. The van der Waals surface area contributed by atoms with Crippen LogP contribution in [0, 0.1) is 5.41 Å². The molecule has 3 heteroatoms. The van der Waals surface area contributed by atoms with Crippen molar-refractivity contribution in [1.29, 1.82) is 0 Å². The number of hydrogen-bond donors (Lipinski definition) is 1. The molecular formula is C10H14BrNO. The Morgan fingerprint density at radius 2 is 2.23 bits per heavy atom. The zero-order valence-corrected chi connectivity index (χ0v) is 9.50. The van der Waals surface area contributed by atoms with Crippen LogP contribution in [0.2, 0.25) is 0 Å². The third-order valence-corrected chi connectivity index (χ3v) is 2.67. The van der Waals surface area contributed by atoms with E-state index in [1.165, 1.54) is 5.56 Å². The summed E-state index contributed by atoms with van der Waals surface area (Å²) in [5, 5.41) is 9.12. The van der Waals surface area contributed by atoms with Gasteiger partial charge in [-0.3, -0.25) is 4.98 Å². The predicted molar refractivity (Wildman–Crippen MR) is 56.5 cm³/mol. The molecule has 0 bridgehead atoms. The number of aliphatic hydroxyl groups is 1. The molecule has 2 nitrogen and oxygen atoms in total. The van der Waals surface area contributed by atoms with Crippen LogP contribution in [0.5, 0.6) is 0 Å². The van der Waals surface area contributed by atoms with Crippen molar-refractivity contribution in [1.82, 2.24) is 4.98 Å². The maximum Gasteiger partial charge on any atom is 0.0485 e. The van der Waals surface area contributed by atoms with Gasteiger partial charge in [0.05, 0.1) is 0 Å². The first-order valence-electron chi connectivity index (χ1n) is 4.24. The fourth-order valence-corrected chi connectivity index (χ4v) is 1.51. The van der Waals surface area contributed by atoms with E-state index in [1.807, 2.05) is 19.9 Å². The van der Waals surface area contributed by atoms with Crippen molar-refractivity contribution in [3.8, 4) is 0 Å². The van der Waals surface area contributed by atoms with E-state index in [0.717, 1.165) is 10.9 Å². The van der Waals surface area contributed by atoms with Crippen LogP contribution in [-0.4, -0.2) is 16.7 Å². The first-order valence-corrected chi connectivity index (χ1v) is 5.04. The summed E-state index contributed by atoms with van der Waals surface area (Å²) in [6.07, 6.45) is 4.41. The summed E-state index contributed by atoms with van der Waals surface area (Å²) in [7, 11) is 0. The lowest BCUT2D eigenvalue weighted by Gasteiger charge is -2.21. The van der Waals surface area contributed by atoms with Crippen LogP contribution in [0.4, 0.5) is 0 Å². The van der Waals surface area contributed by atoms with Crippen LogP contribution in [0.3, 0.4) is 0 Å². The molecule has 13 heavy (non-hydrogen) atoms. The Labute approximate surface area is 87.1 Å². The first kappa shape index (κ1) is 10.7. The Bertz CT molecular complexity index is 286. The van der Waals surface area contributed by atoms with Gasteiger partial charge in [-0.15, -0.1) is 0 Å². The first-order chi connectivity index (χ1) is 6.05. The number of rotatable bonds is 3. The van der Waals surface area contributed by atoms with E-state index in [-0.39, 0.29) is 12.0 Å². The van der Waals surface area contributed by atoms with Crippen LogP contribution >= 0.6 is 15.9 Å². The molecule has 0 saturated carbocycles. The van der Waals surface area contributed by atoms with E-state index in [0.29, 0.717) is 0 Å². The Hall–Kier alpha value is -0.410. The number of aliphatic hydroxyl groups excluding tert-OH is 1. The predicted octanol–water partition coefficient (Wildman–Crippen LogP) is 2.41. The molecule has 0 radical (unpaired) electrons. The zero-order chi connectivity index (χ0) is 9.90. The van der Waals surface area contributed by atoms with Crippen molar-refractivity contribution in [3.63, 3.8) is 0 Å². The summed E-state index contributed by atoms with van der Waals surface area (Å²) in [5.74, 6) is 0. The smallest absolute Gasteiger partial charge is 0.0485 e. The van der Waals surface area contributed by atoms with E-state index in [9.17, 15) is 0 Å². The molecule has 0 saturated heterocycles. The molecule has 0 spiro atoms. The molecule has 0 aliphatic rings. The van der Waals surface area contributed by atoms with Crippen LogP contribution in [0.1, 0.15) is 19.4 Å². The lowest BCUT2D eigenvalue weighted by atomic mass is 9.87. The van der Waals surface area contributed by atoms with Gasteiger partial charge in [0.25, 0.3) is 0 Å². The molecular weight excluding hydrogens is 230 g/mol. The summed E-state index contributed by atoms with van der Waals surface area (Å²) < 4.78 is 1.01. The quantitative estimate of drug-likeness (QED) is 0.885. The Balaban J connectivity index is 2.80. The minimum absolute atomic E-state index is 0.0656. The molecule has 1 aromatic rings. The van der Waals surface area contributed by atoms with E-state index < -0.39 is 0 Å². The third-order valence-electron chi connectivity index (χ3n) is 1.95. The maximum atomic E-state index is 9.12. The van der Waals surface area contributed by atoms with Crippen molar-refractivity contribution < 1.29 is 5.11 Å². The van der Waals surface area contributed by atoms with Crippen molar-refractivity contribution >= 4 is 15.9 Å². The van der Waals surface area contributed by atoms with Crippen LogP contribution in [-0.2, 0) is 6.42 Å². The van der Waals surface area contributed by atoms with Crippen molar-refractivity contribution in [2.75, 3.05) is 6.61 Å². The summed E-state index contributed by atoms with van der Waals surface area (Å²) in [5.41, 5.74) is 1.12. The van der Waals surface area contributed by atoms with Crippen molar-refractivity contribution in [2.24, 2.45) is 5.41 Å². The summed E-state index contributed by atoms with van der Waals surface area (Å²) in [6, 6.07) is 1.97. The molecule has 0 fully saturated rings. The van der Waals surface area contributed by atoms with Gasteiger partial charge in [0.15, 0.2) is 0 Å². The molecule has 0 atom stereocenters. The molecule has 0 aromatic carbocycles. The normalized spacial score (nSPS) is 11.7. The topological polar surface area (TPSA) is 33.1 Å². The SMILES string of the molecule is CC(C)(CO)Cc1ccncc1Br. The van der Waals surface area contributed by atoms with Crippen LogP contribution in [0.15, 0.2) is 22.9 Å². The molecule has 0 aliphatic carbocycles. The number of aromatic nitrogens is 1. The maximum absolute atomic E-state index is 9.12. The molecule has 1 aromatic heterocycles.